The van der Waals surface area contributed by atoms with Gasteiger partial charge in [0.2, 0.25) is 5.91 Å². The second kappa shape index (κ2) is 5.83. The van der Waals surface area contributed by atoms with Crippen molar-refractivity contribution in [2.45, 2.75) is 6.92 Å². The summed E-state index contributed by atoms with van der Waals surface area (Å²) in [6.45, 7) is 1.43. The monoisotopic (exact) mass is 271 g/mol. The van der Waals surface area contributed by atoms with E-state index in [2.05, 4.69) is 15.6 Å². The SMILES string of the molecule is CC(=O)Nc1cccc(Nc2cc(C(=O)O)ccn2)c1. The number of carboxylic acid groups (broad SMARTS) is 1. The van der Waals surface area contributed by atoms with Crippen LogP contribution in [0.25, 0.3) is 0 Å². The molecule has 3 N–H and O–H groups in total. The lowest BCUT2D eigenvalue weighted by Crippen LogP contribution is -2.06. The standard InChI is InChI=1S/C14H13N3O3/c1-9(18)16-11-3-2-4-12(8-11)17-13-7-10(14(19)20)5-6-15-13/h2-8H,1H3,(H,15,17)(H,16,18)(H,19,20). The van der Waals surface area contributed by atoms with Gasteiger partial charge in [-0.25, -0.2) is 9.78 Å². The van der Waals surface area contributed by atoms with Crippen LogP contribution in [0, 0.1) is 0 Å². The van der Waals surface area contributed by atoms with Gasteiger partial charge < -0.3 is 15.7 Å². The van der Waals surface area contributed by atoms with Gasteiger partial charge in [0.05, 0.1) is 5.56 Å². The van der Waals surface area contributed by atoms with Gasteiger partial charge >= 0.3 is 5.97 Å². The average Bonchev–Trinajstić information content (AvgIpc) is 2.38. The Bertz CT molecular complexity index is 656. The lowest BCUT2D eigenvalue weighted by atomic mass is 10.2. The van der Waals surface area contributed by atoms with Crippen LogP contribution in [-0.2, 0) is 4.79 Å². The third-order valence-corrected chi connectivity index (χ3v) is 2.46. The molecule has 0 aliphatic heterocycles. The predicted molar refractivity (Wildman–Crippen MR) is 75.2 cm³/mol. The van der Waals surface area contributed by atoms with Crippen LogP contribution >= 0.6 is 0 Å². The number of nitrogens with one attached hydrogen (secondary N) is 2. The van der Waals surface area contributed by atoms with E-state index < -0.39 is 5.97 Å². The van der Waals surface area contributed by atoms with E-state index in [1.807, 2.05) is 0 Å². The summed E-state index contributed by atoms with van der Waals surface area (Å²) in [7, 11) is 0. The zero-order chi connectivity index (χ0) is 14.5. The summed E-state index contributed by atoms with van der Waals surface area (Å²) in [4.78, 5) is 25.9. The van der Waals surface area contributed by atoms with E-state index in [1.54, 1.807) is 24.3 Å². The number of rotatable bonds is 4. The molecule has 0 saturated carbocycles. The molecule has 2 aromatic rings. The smallest absolute Gasteiger partial charge is 0.335 e. The highest BCUT2D eigenvalue weighted by Gasteiger charge is 2.05. The molecule has 6 heteroatoms. The van der Waals surface area contributed by atoms with Gasteiger partial charge in [-0.1, -0.05) is 6.07 Å². The van der Waals surface area contributed by atoms with Gasteiger partial charge in [-0.15, -0.1) is 0 Å². The number of anilines is 3. The molecule has 1 amide bonds. The van der Waals surface area contributed by atoms with Crippen LogP contribution in [0.1, 0.15) is 17.3 Å². The van der Waals surface area contributed by atoms with Crippen LogP contribution in [0.3, 0.4) is 0 Å². The Balaban J connectivity index is 2.19. The van der Waals surface area contributed by atoms with Gasteiger partial charge in [0.1, 0.15) is 5.82 Å². The number of carboxylic acids is 1. The molecule has 0 unspecified atom stereocenters. The lowest BCUT2D eigenvalue weighted by Gasteiger charge is -2.08. The number of hydrogen-bond donors (Lipinski definition) is 3. The Kier molecular flexibility index (Phi) is 3.95. The summed E-state index contributed by atoms with van der Waals surface area (Å²) in [6, 6.07) is 9.91. The van der Waals surface area contributed by atoms with Gasteiger partial charge in [0.25, 0.3) is 0 Å². The molecule has 0 fully saturated rings. The fraction of sp³-hybridized carbons (Fsp3) is 0.0714. The van der Waals surface area contributed by atoms with Crippen LogP contribution < -0.4 is 10.6 Å². The molecule has 1 aromatic carbocycles. The largest absolute Gasteiger partial charge is 0.478 e. The molecule has 0 atom stereocenters. The van der Waals surface area contributed by atoms with Crippen molar-refractivity contribution < 1.29 is 14.7 Å². The fourth-order valence-electron chi connectivity index (χ4n) is 1.66. The number of aromatic nitrogens is 1. The van der Waals surface area contributed by atoms with E-state index in [-0.39, 0.29) is 11.5 Å². The summed E-state index contributed by atoms with van der Waals surface area (Å²) >= 11 is 0. The Hall–Kier alpha value is -2.89. The minimum Gasteiger partial charge on any atom is -0.478 e. The first kappa shape index (κ1) is 13.5. The van der Waals surface area contributed by atoms with Crippen molar-refractivity contribution in [3.63, 3.8) is 0 Å². The van der Waals surface area contributed by atoms with Crippen molar-refractivity contribution in [1.82, 2.24) is 4.98 Å². The second-order valence-corrected chi connectivity index (χ2v) is 4.12. The van der Waals surface area contributed by atoms with Gasteiger partial charge in [-0.3, -0.25) is 4.79 Å². The van der Waals surface area contributed by atoms with Crippen LogP contribution in [-0.4, -0.2) is 22.0 Å². The number of amides is 1. The first-order valence-electron chi connectivity index (χ1n) is 5.88. The highest BCUT2D eigenvalue weighted by Crippen LogP contribution is 2.19. The average molecular weight is 271 g/mol. The number of nitrogens with zero attached hydrogens (tertiary/aromatic N) is 1. The second-order valence-electron chi connectivity index (χ2n) is 4.12. The molecule has 6 nitrogen and oxygen atoms in total. The maximum atomic E-state index is 11.0. The number of carbonyl (C=O) groups excluding carboxylic acids is 1. The molecule has 0 aliphatic rings. The summed E-state index contributed by atoms with van der Waals surface area (Å²) in [5.74, 6) is -0.750. The minimum atomic E-state index is -1.01. The van der Waals surface area contributed by atoms with Gasteiger partial charge in [0.15, 0.2) is 0 Å². The number of pyridine rings is 1. The first-order valence-corrected chi connectivity index (χ1v) is 5.88. The molecule has 102 valence electrons. The van der Waals surface area contributed by atoms with Gasteiger partial charge in [0, 0.05) is 24.5 Å². The van der Waals surface area contributed by atoms with E-state index in [0.717, 1.165) is 0 Å². The fourth-order valence-corrected chi connectivity index (χ4v) is 1.66. The summed E-state index contributed by atoms with van der Waals surface area (Å²) in [5, 5.41) is 14.6. The van der Waals surface area contributed by atoms with Crippen molar-refractivity contribution in [3.8, 4) is 0 Å². The van der Waals surface area contributed by atoms with Crippen LogP contribution in [0.5, 0.6) is 0 Å². The maximum absolute atomic E-state index is 11.0. The Morgan fingerprint density at radius 3 is 2.60 bits per heavy atom. The topological polar surface area (TPSA) is 91.3 Å². The predicted octanol–water partition coefficient (Wildman–Crippen LogP) is 2.48. The van der Waals surface area contributed by atoms with Crippen molar-refractivity contribution in [2.24, 2.45) is 0 Å². The Morgan fingerprint density at radius 1 is 1.15 bits per heavy atom. The molecular weight excluding hydrogens is 258 g/mol. The Labute approximate surface area is 115 Å². The molecule has 0 radical (unpaired) electrons. The van der Waals surface area contributed by atoms with Crippen molar-refractivity contribution in [1.29, 1.82) is 0 Å². The molecular formula is C14H13N3O3. The van der Waals surface area contributed by atoms with Crippen LogP contribution in [0.15, 0.2) is 42.6 Å². The quantitative estimate of drug-likeness (QED) is 0.794. The molecule has 1 heterocycles. The van der Waals surface area contributed by atoms with E-state index in [1.165, 1.54) is 25.3 Å². The zero-order valence-corrected chi connectivity index (χ0v) is 10.8. The number of aromatic carboxylic acids is 1. The molecule has 0 spiro atoms. The van der Waals surface area contributed by atoms with E-state index in [9.17, 15) is 9.59 Å². The van der Waals surface area contributed by atoms with Gasteiger partial charge in [-0.05, 0) is 30.3 Å². The highest BCUT2D eigenvalue weighted by molar-refractivity contribution is 5.90. The molecule has 0 saturated heterocycles. The van der Waals surface area contributed by atoms with Crippen LogP contribution in [0.4, 0.5) is 17.2 Å². The van der Waals surface area contributed by atoms with Crippen molar-refractivity contribution >= 4 is 29.1 Å². The van der Waals surface area contributed by atoms with E-state index in [4.69, 9.17) is 5.11 Å². The van der Waals surface area contributed by atoms with Gasteiger partial charge in [-0.2, -0.15) is 0 Å². The van der Waals surface area contributed by atoms with Crippen molar-refractivity contribution in [3.05, 3.63) is 48.2 Å². The van der Waals surface area contributed by atoms with E-state index in [0.29, 0.717) is 17.2 Å². The third kappa shape index (κ3) is 3.55. The maximum Gasteiger partial charge on any atom is 0.335 e. The lowest BCUT2D eigenvalue weighted by molar-refractivity contribution is -0.114. The molecule has 20 heavy (non-hydrogen) atoms. The molecule has 2 rings (SSSR count). The number of benzene rings is 1. The molecule has 0 bridgehead atoms. The first-order chi connectivity index (χ1) is 9.54. The summed E-state index contributed by atoms with van der Waals surface area (Å²) in [6.07, 6.45) is 1.42. The third-order valence-electron chi connectivity index (χ3n) is 2.46. The molecule has 0 aliphatic carbocycles. The highest BCUT2D eigenvalue weighted by atomic mass is 16.4. The zero-order valence-electron chi connectivity index (χ0n) is 10.8. The van der Waals surface area contributed by atoms with Crippen molar-refractivity contribution in [2.75, 3.05) is 10.6 Å². The normalized spacial score (nSPS) is 9.85. The number of carbonyl (C=O) groups is 2. The van der Waals surface area contributed by atoms with E-state index >= 15 is 0 Å². The molecule has 1 aromatic heterocycles. The minimum absolute atomic E-state index is 0.153. The Morgan fingerprint density at radius 2 is 1.90 bits per heavy atom. The number of hydrogen-bond acceptors (Lipinski definition) is 4. The van der Waals surface area contributed by atoms with Crippen LogP contribution in [0.2, 0.25) is 0 Å². The summed E-state index contributed by atoms with van der Waals surface area (Å²) < 4.78 is 0. The summed E-state index contributed by atoms with van der Waals surface area (Å²) in [5.41, 5.74) is 1.50.